The molecule has 0 fully saturated rings. The zero-order valence-electron chi connectivity index (χ0n) is 7.84. The highest BCUT2D eigenvalue weighted by atomic mass is 14.1. The minimum absolute atomic E-state index is 0. The van der Waals surface area contributed by atoms with Crippen molar-refractivity contribution < 1.29 is 0 Å². The van der Waals surface area contributed by atoms with E-state index < -0.39 is 0 Å². The van der Waals surface area contributed by atoms with Crippen LogP contribution < -0.4 is 0 Å². The molecule has 72 valence electrons. The third kappa shape index (κ3) is 6.21. The zero-order chi connectivity index (χ0) is 8.69. The van der Waals surface area contributed by atoms with Gasteiger partial charge in [-0.25, -0.2) is 0 Å². The average Bonchev–Trinajstić information content (AvgIpc) is 1.97. The minimum atomic E-state index is 0. The van der Waals surface area contributed by atoms with Crippen LogP contribution in [0.2, 0.25) is 0 Å². The summed E-state index contributed by atoms with van der Waals surface area (Å²) in [4.78, 5) is 0. The predicted molar refractivity (Wildman–Crippen MR) is 59.3 cm³/mol. The highest BCUT2D eigenvalue weighted by molar-refractivity contribution is 4.78. The van der Waals surface area contributed by atoms with Crippen LogP contribution in [0.15, 0.2) is 25.3 Å². The van der Waals surface area contributed by atoms with Crippen molar-refractivity contribution in [2.75, 3.05) is 0 Å². The Balaban J connectivity index is 0. The van der Waals surface area contributed by atoms with Gasteiger partial charge >= 0.3 is 0 Å². The molecular weight excluding hydrogens is 144 g/mol. The Hall–Kier alpha value is -0.520. The van der Waals surface area contributed by atoms with Crippen LogP contribution in [0.4, 0.5) is 0 Å². The molecule has 0 amide bonds. The first-order chi connectivity index (χ1) is 5.22. The molecule has 0 aliphatic carbocycles. The van der Waals surface area contributed by atoms with Crippen LogP contribution in [0.3, 0.4) is 0 Å². The van der Waals surface area contributed by atoms with Gasteiger partial charge in [0.05, 0.1) is 0 Å². The van der Waals surface area contributed by atoms with E-state index in [2.05, 4.69) is 27.0 Å². The molecule has 0 saturated heterocycles. The van der Waals surface area contributed by atoms with Gasteiger partial charge in [0.25, 0.3) is 0 Å². The van der Waals surface area contributed by atoms with Crippen LogP contribution in [0.5, 0.6) is 0 Å². The lowest BCUT2D eigenvalue weighted by atomic mass is 9.88. The van der Waals surface area contributed by atoms with Crippen molar-refractivity contribution in [1.29, 1.82) is 0 Å². The summed E-state index contributed by atoms with van der Waals surface area (Å²) in [5.74, 6) is 1.57. The fourth-order valence-electron chi connectivity index (χ4n) is 1.27. The Labute approximate surface area is 78.4 Å². The summed E-state index contributed by atoms with van der Waals surface area (Å²) < 4.78 is 0. The van der Waals surface area contributed by atoms with Gasteiger partial charge in [0.1, 0.15) is 0 Å². The Morgan fingerprint density at radius 2 is 1.75 bits per heavy atom. The normalized spacial score (nSPS) is 11.9. The molecular formula is C12H24. The van der Waals surface area contributed by atoms with Gasteiger partial charge in [-0.1, -0.05) is 33.4 Å². The highest BCUT2D eigenvalue weighted by Gasteiger charge is 2.09. The number of rotatable bonds is 6. The smallest absolute Gasteiger partial charge is 0.0322 e. The van der Waals surface area contributed by atoms with Crippen LogP contribution >= 0.6 is 0 Å². The summed E-state index contributed by atoms with van der Waals surface area (Å²) in [5, 5.41) is 0. The second-order valence-electron chi connectivity index (χ2n) is 3.39. The van der Waals surface area contributed by atoms with Crippen LogP contribution in [0.25, 0.3) is 0 Å². The van der Waals surface area contributed by atoms with Gasteiger partial charge in [-0.15, -0.1) is 13.2 Å². The van der Waals surface area contributed by atoms with Crippen LogP contribution in [0.1, 0.15) is 40.5 Å². The van der Waals surface area contributed by atoms with Gasteiger partial charge in [-0.3, -0.25) is 0 Å². The molecule has 0 aromatic carbocycles. The van der Waals surface area contributed by atoms with Gasteiger partial charge in [0.15, 0.2) is 0 Å². The molecule has 0 bridgehead atoms. The molecule has 0 saturated carbocycles. The Bertz CT molecular complexity index is 111. The first kappa shape index (κ1) is 14.0. The van der Waals surface area contributed by atoms with E-state index in [9.17, 15) is 0 Å². The number of hydrogen-bond acceptors (Lipinski definition) is 0. The maximum absolute atomic E-state index is 3.77. The maximum Gasteiger partial charge on any atom is -0.0322 e. The average molecular weight is 168 g/mol. The molecule has 0 aromatic heterocycles. The van der Waals surface area contributed by atoms with Crippen molar-refractivity contribution >= 4 is 0 Å². The lowest BCUT2D eigenvalue weighted by Crippen LogP contribution is -2.06. The van der Waals surface area contributed by atoms with Gasteiger partial charge in [-0.05, 0) is 31.1 Å². The fourth-order valence-corrected chi connectivity index (χ4v) is 1.27. The molecule has 0 rings (SSSR count). The lowest BCUT2D eigenvalue weighted by Gasteiger charge is -2.17. The Morgan fingerprint density at radius 1 is 1.17 bits per heavy atom. The SMILES string of the molecule is C.C=CCC[C@H](CC=C)C(C)C. The van der Waals surface area contributed by atoms with Crippen molar-refractivity contribution in [2.45, 2.75) is 40.5 Å². The summed E-state index contributed by atoms with van der Waals surface area (Å²) >= 11 is 0. The molecule has 0 unspecified atom stereocenters. The predicted octanol–water partition coefficient (Wildman–Crippen LogP) is 4.44. The van der Waals surface area contributed by atoms with E-state index in [-0.39, 0.29) is 7.43 Å². The molecule has 0 aliphatic heterocycles. The lowest BCUT2D eigenvalue weighted by molar-refractivity contribution is 0.366. The largest absolute Gasteiger partial charge is 0.103 e. The monoisotopic (exact) mass is 168 g/mol. The van der Waals surface area contributed by atoms with Gasteiger partial charge < -0.3 is 0 Å². The van der Waals surface area contributed by atoms with Gasteiger partial charge in [-0.2, -0.15) is 0 Å². The van der Waals surface area contributed by atoms with Gasteiger partial charge in [0.2, 0.25) is 0 Å². The van der Waals surface area contributed by atoms with Crippen LogP contribution in [-0.4, -0.2) is 0 Å². The summed E-state index contributed by atoms with van der Waals surface area (Å²) in [6.07, 6.45) is 7.56. The van der Waals surface area contributed by atoms with Crippen molar-refractivity contribution in [3.05, 3.63) is 25.3 Å². The third-order valence-corrected chi connectivity index (χ3v) is 2.15. The van der Waals surface area contributed by atoms with E-state index in [4.69, 9.17) is 0 Å². The molecule has 0 heteroatoms. The molecule has 0 nitrogen and oxygen atoms in total. The molecule has 0 N–H and O–H groups in total. The molecule has 1 atom stereocenters. The molecule has 0 aliphatic rings. The summed E-state index contributed by atoms with van der Waals surface area (Å²) in [5.41, 5.74) is 0. The number of hydrogen-bond donors (Lipinski definition) is 0. The van der Waals surface area contributed by atoms with Crippen molar-refractivity contribution in [2.24, 2.45) is 11.8 Å². The second kappa shape index (κ2) is 8.58. The van der Waals surface area contributed by atoms with E-state index in [0.29, 0.717) is 0 Å². The van der Waals surface area contributed by atoms with Gasteiger partial charge in [0, 0.05) is 0 Å². The maximum atomic E-state index is 3.77. The van der Waals surface area contributed by atoms with E-state index in [0.717, 1.165) is 24.7 Å². The molecule has 0 aromatic rings. The van der Waals surface area contributed by atoms with E-state index in [1.165, 1.54) is 6.42 Å². The third-order valence-electron chi connectivity index (χ3n) is 2.15. The van der Waals surface area contributed by atoms with Crippen molar-refractivity contribution in [3.63, 3.8) is 0 Å². The van der Waals surface area contributed by atoms with Crippen LogP contribution in [0, 0.1) is 11.8 Å². The summed E-state index contributed by atoms with van der Waals surface area (Å²) in [6, 6.07) is 0. The first-order valence-electron chi connectivity index (χ1n) is 4.44. The molecule has 0 radical (unpaired) electrons. The molecule has 0 spiro atoms. The fraction of sp³-hybridized carbons (Fsp3) is 0.667. The highest BCUT2D eigenvalue weighted by Crippen LogP contribution is 2.21. The zero-order valence-corrected chi connectivity index (χ0v) is 7.84. The first-order valence-corrected chi connectivity index (χ1v) is 4.44. The van der Waals surface area contributed by atoms with Crippen molar-refractivity contribution in [1.82, 2.24) is 0 Å². The molecule has 12 heavy (non-hydrogen) atoms. The quantitative estimate of drug-likeness (QED) is 0.514. The second-order valence-corrected chi connectivity index (χ2v) is 3.39. The van der Waals surface area contributed by atoms with E-state index in [1.54, 1.807) is 0 Å². The number of allylic oxidation sites excluding steroid dienone is 2. The van der Waals surface area contributed by atoms with E-state index in [1.807, 2.05) is 12.2 Å². The minimum Gasteiger partial charge on any atom is -0.103 e. The Morgan fingerprint density at radius 3 is 2.08 bits per heavy atom. The molecule has 0 heterocycles. The standard InChI is InChI=1S/C11H20.CH4/c1-5-7-9-11(8-6-2)10(3)4;/h5-6,10-11H,1-2,7-9H2,3-4H3;1H4/t11-;/m0./s1. The summed E-state index contributed by atoms with van der Waals surface area (Å²) in [6.45, 7) is 12.0. The van der Waals surface area contributed by atoms with E-state index >= 15 is 0 Å². The topological polar surface area (TPSA) is 0 Å². The van der Waals surface area contributed by atoms with Crippen LogP contribution in [-0.2, 0) is 0 Å². The van der Waals surface area contributed by atoms with Crippen molar-refractivity contribution in [3.8, 4) is 0 Å². The Kier molecular flexibility index (Phi) is 10.0. The summed E-state index contributed by atoms with van der Waals surface area (Å²) in [7, 11) is 0.